The molecule has 0 bridgehead atoms. The molecule has 0 saturated carbocycles. The molecular formula is C9H12O4S2. The summed E-state index contributed by atoms with van der Waals surface area (Å²) < 4.78 is 9.81. The lowest BCUT2D eigenvalue weighted by atomic mass is 10.3. The number of aliphatic hydroxyl groups excluding tert-OH is 1. The zero-order valence-electron chi connectivity index (χ0n) is 8.21. The van der Waals surface area contributed by atoms with Gasteiger partial charge in [0.2, 0.25) is 4.77 Å². The van der Waals surface area contributed by atoms with Crippen LogP contribution < -0.4 is 0 Å². The second-order valence-electron chi connectivity index (χ2n) is 2.63. The summed E-state index contributed by atoms with van der Waals surface area (Å²) in [7, 11) is 0. The molecule has 84 valence electrons. The van der Waals surface area contributed by atoms with Crippen LogP contribution in [0.25, 0.3) is 0 Å². The number of carbonyl (C=O) groups is 1. The van der Waals surface area contributed by atoms with Gasteiger partial charge in [-0.05, 0) is 17.7 Å². The van der Waals surface area contributed by atoms with Crippen molar-refractivity contribution < 1.29 is 19.4 Å². The minimum absolute atomic E-state index is 0.0723. The Morgan fingerprint density at radius 1 is 1.53 bits per heavy atom. The first-order valence-electron chi connectivity index (χ1n) is 4.30. The van der Waals surface area contributed by atoms with Crippen molar-refractivity contribution in [3.05, 3.63) is 22.7 Å². The summed E-state index contributed by atoms with van der Waals surface area (Å²) in [6.07, 6.45) is 1.30. The predicted molar refractivity (Wildman–Crippen MR) is 61.0 cm³/mol. The summed E-state index contributed by atoms with van der Waals surface area (Å²) in [6, 6.07) is 0. The molecule has 1 aliphatic rings. The van der Waals surface area contributed by atoms with Crippen LogP contribution in [0.2, 0.25) is 0 Å². The van der Waals surface area contributed by atoms with E-state index in [1.807, 2.05) is 10.8 Å². The molecule has 1 heterocycles. The fraction of sp³-hybridized carbons (Fsp3) is 0.444. The van der Waals surface area contributed by atoms with Gasteiger partial charge in [0, 0.05) is 0 Å². The Kier molecular flexibility index (Phi) is 5.67. The minimum Gasteiger partial charge on any atom is -0.498 e. The van der Waals surface area contributed by atoms with E-state index in [4.69, 9.17) is 14.6 Å². The highest BCUT2D eigenvalue weighted by atomic mass is 32.2. The Bertz CT molecular complexity index is 267. The number of aliphatic hydroxyl groups is 1. The first-order chi connectivity index (χ1) is 7.24. The summed E-state index contributed by atoms with van der Waals surface area (Å²) >= 11 is 2.90. The third-order valence-electron chi connectivity index (χ3n) is 1.43. The van der Waals surface area contributed by atoms with Crippen LogP contribution in [-0.2, 0) is 14.3 Å². The maximum absolute atomic E-state index is 11.4. The van der Waals surface area contributed by atoms with E-state index >= 15 is 0 Å². The smallest absolute Gasteiger partial charge is 0.338 e. The van der Waals surface area contributed by atoms with Crippen molar-refractivity contribution in [2.75, 3.05) is 13.2 Å². The van der Waals surface area contributed by atoms with Gasteiger partial charge in [0.05, 0.1) is 18.4 Å². The van der Waals surface area contributed by atoms with Gasteiger partial charge < -0.3 is 14.6 Å². The Balaban J connectivity index is 2.28. The molecule has 0 aromatic carbocycles. The molecule has 6 heteroatoms. The van der Waals surface area contributed by atoms with E-state index < -0.39 is 5.97 Å². The lowest BCUT2D eigenvalue weighted by Gasteiger charge is -2.09. The van der Waals surface area contributed by atoms with Crippen LogP contribution in [0.4, 0.5) is 0 Å². The van der Waals surface area contributed by atoms with Crippen molar-refractivity contribution in [3.63, 3.8) is 0 Å². The van der Waals surface area contributed by atoms with Crippen molar-refractivity contribution in [2.45, 2.75) is 11.7 Å². The second kappa shape index (κ2) is 6.81. The quantitative estimate of drug-likeness (QED) is 0.346. The van der Waals surface area contributed by atoms with Crippen molar-refractivity contribution in [1.82, 2.24) is 0 Å². The van der Waals surface area contributed by atoms with Crippen LogP contribution >= 0.6 is 23.5 Å². The number of rotatable bonds is 5. The first kappa shape index (κ1) is 12.5. The van der Waals surface area contributed by atoms with E-state index in [9.17, 15) is 4.79 Å². The third-order valence-corrected chi connectivity index (χ3v) is 3.49. The number of thioether (sulfide) groups is 2. The molecule has 1 aliphatic heterocycles. The van der Waals surface area contributed by atoms with Gasteiger partial charge in [0.1, 0.15) is 6.61 Å². The highest BCUT2D eigenvalue weighted by Gasteiger charge is 2.17. The molecule has 15 heavy (non-hydrogen) atoms. The molecule has 4 nitrogen and oxygen atoms in total. The lowest BCUT2D eigenvalue weighted by Crippen LogP contribution is -2.11. The van der Waals surface area contributed by atoms with E-state index in [1.165, 1.54) is 29.8 Å². The van der Waals surface area contributed by atoms with Crippen LogP contribution in [0.1, 0.15) is 6.92 Å². The summed E-state index contributed by atoms with van der Waals surface area (Å²) in [6.45, 7) is 1.72. The fourth-order valence-electron chi connectivity index (χ4n) is 0.745. The molecule has 0 aromatic rings. The Morgan fingerprint density at radius 2 is 2.20 bits per heavy atom. The summed E-state index contributed by atoms with van der Waals surface area (Å²) in [5, 5.41) is 12.2. The van der Waals surface area contributed by atoms with Gasteiger partial charge >= 0.3 is 5.97 Å². The molecule has 0 spiro atoms. The number of ether oxygens (including phenoxy) is 2. The van der Waals surface area contributed by atoms with Gasteiger partial charge in [-0.3, -0.25) is 0 Å². The Morgan fingerprint density at radius 3 is 2.80 bits per heavy atom. The SMILES string of the molecule is CC(=COCCO)C(=O)OC1SC=CS1. The average Bonchev–Trinajstić information content (AvgIpc) is 2.70. The molecule has 0 fully saturated rings. The van der Waals surface area contributed by atoms with Crippen molar-refractivity contribution in [2.24, 2.45) is 0 Å². The first-order valence-corrected chi connectivity index (χ1v) is 6.18. The summed E-state index contributed by atoms with van der Waals surface area (Å²) in [5.41, 5.74) is 0.386. The lowest BCUT2D eigenvalue weighted by molar-refractivity contribution is -0.137. The monoisotopic (exact) mass is 248 g/mol. The Hall–Kier alpha value is -0.590. The highest BCUT2D eigenvalue weighted by Crippen LogP contribution is 2.34. The second-order valence-corrected chi connectivity index (χ2v) is 4.88. The van der Waals surface area contributed by atoms with E-state index in [1.54, 1.807) is 6.92 Å². The van der Waals surface area contributed by atoms with Crippen LogP contribution in [0, 0.1) is 0 Å². The highest BCUT2D eigenvalue weighted by molar-refractivity contribution is 8.22. The molecule has 0 aliphatic carbocycles. The molecule has 0 aromatic heterocycles. The molecule has 0 amide bonds. The number of hydrogen-bond acceptors (Lipinski definition) is 6. The molecule has 1 N–H and O–H groups in total. The number of hydrogen-bond donors (Lipinski definition) is 1. The minimum atomic E-state index is -0.401. The normalized spacial score (nSPS) is 16.8. The van der Waals surface area contributed by atoms with E-state index in [-0.39, 0.29) is 18.0 Å². The number of esters is 1. The third kappa shape index (κ3) is 4.63. The molecule has 0 radical (unpaired) electrons. The van der Waals surface area contributed by atoms with Crippen LogP contribution in [0.3, 0.4) is 0 Å². The number of carbonyl (C=O) groups excluding carboxylic acids is 1. The van der Waals surface area contributed by atoms with Crippen LogP contribution in [-0.4, -0.2) is 29.1 Å². The summed E-state index contributed by atoms with van der Waals surface area (Å²) in [4.78, 5) is 11.4. The van der Waals surface area contributed by atoms with E-state index in [0.717, 1.165) is 0 Å². The topological polar surface area (TPSA) is 55.8 Å². The zero-order chi connectivity index (χ0) is 11.1. The average molecular weight is 248 g/mol. The molecule has 1 rings (SSSR count). The predicted octanol–water partition coefficient (Wildman–Crippen LogP) is 1.68. The van der Waals surface area contributed by atoms with Gasteiger partial charge in [-0.2, -0.15) is 0 Å². The van der Waals surface area contributed by atoms with Crippen molar-refractivity contribution in [3.8, 4) is 0 Å². The largest absolute Gasteiger partial charge is 0.498 e. The molecular weight excluding hydrogens is 236 g/mol. The van der Waals surface area contributed by atoms with E-state index in [0.29, 0.717) is 5.57 Å². The van der Waals surface area contributed by atoms with Crippen LogP contribution in [0.15, 0.2) is 22.7 Å². The van der Waals surface area contributed by atoms with Crippen LogP contribution in [0.5, 0.6) is 0 Å². The molecule has 0 unspecified atom stereocenters. The van der Waals surface area contributed by atoms with Gasteiger partial charge in [0.15, 0.2) is 0 Å². The van der Waals surface area contributed by atoms with Gasteiger partial charge in [0.25, 0.3) is 0 Å². The van der Waals surface area contributed by atoms with Gasteiger partial charge in [-0.1, -0.05) is 23.5 Å². The molecule has 0 atom stereocenters. The van der Waals surface area contributed by atoms with Crippen molar-refractivity contribution >= 4 is 29.5 Å². The fourth-order valence-corrected chi connectivity index (χ4v) is 2.44. The van der Waals surface area contributed by atoms with Gasteiger partial charge in [-0.25, -0.2) is 4.79 Å². The maximum atomic E-state index is 11.4. The summed E-state index contributed by atoms with van der Waals surface area (Å²) in [5.74, 6) is -0.401. The van der Waals surface area contributed by atoms with E-state index in [2.05, 4.69) is 0 Å². The van der Waals surface area contributed by atoms with Crippen molar-refractivity contribution in [1.29, 1.82) is 0 Å². The maximum Gasteiger partial charge on any atom is 0.338 e. The molecule has 0 saturated heterocycles. The standard InChI is InChI=1S/C9H12O4S2/c1-7(6-12-3-2-10)8(11)13-9-14-4-5-15-9/h4-6,9-10H,2-3H2,1H3. The van der Waals surface area contributed by atoms with Gasteiger partial charge in [-0.15, -0.1) is 0 Å². The zero-order valence-corrected chi connectivity index (χ0v) is 9.85. The Labute approximate surface area is 96.7 Å².